The van der Waals surface area contributed by atoms with Gasteiger partial charge in [-0.15, -0.1) is 0 Å². The summed E-state index contributed by atoms with van der Waals surface area (Å²) in [6, 6.07) is 13.6. The number of nitrogens with zero attached hydrogens (tertiary/aromatic N) is 3. The summed E-state index contributed by atoms with van der Waals surface area (Å²) in [7, 11) is 1.64. The summed E-state index contributed by atoms with van der Waals surface area (Å²) in [6.45, 7) is 6.96. The predicted octanol–water partition coefficient (Wildman–Crippen LogP) is 3.19. The fourth-order valence-corrected chi connectivity index (χ4v) is 3.82. The number of ether oxygens (including phenoxy) is 2. The second-order valence-electron chi connectivity index (χ2n) is 7.39. The molecule has 0 unspecified atom stereocenters. The third-order valence-corrected chi connectivity index (χ3v) is 5.49. The van der Waals surface area contributed by atoms with Crippen LogP contribution in [0.2, 0.25) is 0 Å². The van der Waals surface area contributed by atoms with Crippen molar-refractivity contribution in [1.29, 1.82) is 0 Å². The molecule has 1 fully saturated rings. The Morgan fingerprint density at radius 3 is 2.73 bits per heavy atom. The molecule has 1 aliphatic heterocycles. The molecule has 1 aliphatic rings. The lowest BCUT2D eigenvalue weighted by molar-refractivity contribution is 0.0361. The smallest absolute Gasteiger partial charge is 0.276 e. The van der Waals surface area contributed by atoms with Crippen molar-refractivity contribution in [1.82, 2.24) is 14.7 Å². The maximum Gasteiger partial charge on any atom is 0.276 e. The molecule has 0 aliphatic carbocycles. The number of morpholine rings is 1. The molecule has 7 heteroatoms. The SMILES string of the molecule is CCc1cccc(NC(=O)c2nn(CCN3CCOCC3)c3c(OC)cccc23)c1. The predicted molar refractivity (Wildman–Crippen MR) is 117 cm³/mol. The van der Waals surface area contributed by atoms with Crippen LogP contribution in [0.5, 0.6) is 5.75 Å². The normalized spacial score (nSPS) is 14.7. The standard InChI is InChI=1S/C23H28N4O3/c1-3-17-6-4-7-18(16-17)24-23(28)21-19-8-5-9-20(29-2)22(19)27(25-21)11-10-26-12-14-30-15-13-26/h4-9,16H,3,10-15H2,1-2H3,(H,24,28). The summed E-state index contributed by atoms with van der Waals surface area (Å²) in [5, 5.41) is 8.48. The summed E-state index contributed by atoms with van der Waals surface area (Å²) in [5.74, 6) is 0.501. The molecule has 0 saturated carbocycles. The fraction of sp³-hybridized carbons (Fsp3) is 0.391. The van der Waals surface area contributed by atoms with Crippen molar-refractivity contribution < 1.29 is 14.3 Å². The molecule has 0 atom stereocenters. The maximum atomic E-state index is 13.1. The zero-order valence-electron chi connectivity index (χ0n) is 17.6. The van der Waals surface area contributed by atoms with E-state index in [-0.39, 0.29) is 5.91 Å². The first-order valence-electron chi connectivity index (χ1n) is 10.4. The molecule has 0 radical (unpaired) electrons. The molecular formula is C23H28N4O3. The van der Waals surface area contributed by atoms with Crippen molar-refractivity contribution in [3.05, 3.63) is 53.7 Å². The van der Waals surface area contributed by atoms with E-state index in [1.54, 1.807) is 7.11 Å². The van der Waals surface area contributed by atoms with Gasteiger partial charge in [0, 0.05) is 30.7 Å². The molecule has 1 amide bonds. The van der Waals surface area contributed by atoms with E-state index in [2.05, 4.69) is 28.3 Å². The van der Waals surface area contributed by atoms with Crippen LogP contribution in [-0.2, 0) is 17.7 Å². The minimum atomic E-state index is -0.216. The molecule has 2 heterocycles. The maximum absolute atomic E-state index is 13.1. The van der Waals surface area contributed by atoms with Crippen LogP contribution in [-0.4, -0.2) is 60.5 Å². The number of nitrogens with one attached hydrogen (secondary N) is 1. The Bertz CT molecular complexity index is 1020. The lowest BCUT2D eigenvalue weighted by Crippen LogP contribution is -2.38. The van der Waals surface area contributed by atoms with Crippen LogP contribution in [0.15, 0.2) is 42.5 Å². The quantitative estimate of drug-likeness (QED) is 0.650. The summed E-state index contributed by atoms with van der Waals surface area (Å²) < 4.78 is 12.9. The summed E-state index contributed by atoms with van der Waals surface area (Å²) in [5.41, 5.74) is 3.21. The number of fused-ring (bicyclic) bond motifs is 1. The molecule has 0 spiro atoms. The van der Waals surface area contributed by atoms with Crippen LogP contribution in [0.4, 0.5) is 5.69 Å². The number of methoxy groups -OCH3 is 1. The van der Waals surface area contributed by atoms with Crippen molar-refractivity contribution in [2.75, 3.05) is 45.3 Å². The topological polar surface area (TPSA) is 68.6 Å². The molecule has 1 saturated heterocycles. The van der Waals surface area contributed by atoms with Gasteiger partial charge >= 0.3 is 0 Å². The third kappa shape index (κ3) is 4.32. The van der Waals surface area contributed by atoms with Crippen LogP contribution in [0.3, 0.4) is 0 Å². The van der Waals surface area contributed by atoms with Crippen LogP contribution >= 0.6 is 0 Å². The Hall–Kier alpha value is -2.90. The van der Waals surface area contributed by atoms with Crippen molar-refractivity contribution in [2.45, 2.75) is 19.9 Å². The number of aryl methyl sites for hydroxylation is 1. The Morgan fingerprint density at radius 1 is 1.17 bits per heavy atom. The summed E-state index contributed by atoms with van der Waals surface area (Å²) in [6.07, 6.45) is 0.917. The van der Waals surface area contributed by atoms with E-state index in [1.165, 1.54) is 5.56 Å². The van der Waals surface area contributed by atoms with Gasteiger partial charge in [-0.05, 0) is 30.2 Å². The van der Waals surface area contributed by atoms with Gasteiger partial charge in [0.05, 0.1) is 26.9 Å². The second kappa shape index (κ2) is 9.28. The van der Waals surface area contributed by atoms with E-state index in [0.29, 0.717) is 18.0 Å². The molecule has 1 aromatic heterocycles. The van der Waals surface area contributed by atoms with E-state index >= 15 is 0 Å². The van der Waals surface area contributed by atoms with Crippen molar-refractivity contribution >= 4 is 22.5 Å². The van der Waals surface area contributed by atoms with Gasteiger partial charge in [-0.2, -0.15) is 5.10 Å². The average molecular weight is 409 g/mol. The molecular weight excluding hydrogens is 380 g/mol. The van der Waals surface area contributed by atoms with Gasteiger partial charge in [0.2, 0.25) is 0 Å². The van der Waals surface area contributed by atoms with Crippen LogP contribution in [0, 0.1) is 0 Å². The summed E-state index contributed by atoms with van der Waals surface area (Å²) in [4.78, 5) is 15.4. The van der Waals surface area contributed by atoms with E-state index in [1.807, 2.05) is 41.1 Å². The van der Waals surface area contributed by atoms with Crippen molar-refractivity contribution in [2.24, 2.45) is 0 Å². The van der Waals surface area contributed by atoms with Gasteiger partial charge in [0.25, 0.3) is 5.91 Å². The van der Waals surface area contributed by atoms with Gasteiger partial charge in [0.1, 0.15) is 11.3 Å². The molecule has 30 heavy (non-hydrogen) atoms. The first-order chi connectivity index (χ1) is 14.7. The largest absolute Gasteiger partial charge is 0.494 e. The highest BCUT2D eigenvalue weighted by Gasteiger charge is 2.21. The van der Waals surface area contributed by atoms with Crippen molar-refractivity contribution in [3.63, 3.8) is 0 Å². The first kappa shape index (κ1) is 20.4. The molecule has 158 valence electrons. The number of carbonyl (C=O) groups excluding carboxylic acids is 1. The first-order valence-corrected chi connectivity index (χ1v) is 10.4. The highest BCUT2D eigenvalue weighted by Crippen LogP contribution is 2.28. The number of carbonyl (C=O) groups is 1. The van der Waals surface area contributed by atoms with Gasteiger partial charge in [-0.25, -0.2) is 0 Å². The Morgan fingerprint density at radius 2 is 1.97 bits per heavy atom. The fourth-order valence-electron chi connectivity index (χ4n) is 3.82. The van der Waals surface area contributed by atoms with E-state index < -0.39 is 0 Å². The summed E-state index contributed by atoms with van der Waals surface area (Å²) >= 11 is 0. The van der Waals surface area contributed by atoms with Crippen LogP contribution in [0.25, 0.3) is 10.9 Å². The minimum Gasteiger partial charge on any atom is -0.494 e. The Kier molecular flexibility index (Phi) is 6.30. The number of benzene rings is 2. The molecule has 3 aromatic rings. The number of rotatable bonds is 7. The lowest BCUT2D eigenvalue weighted by Gasteiger charge is -2.26. The van der Waals surface area contributed by atoms with E-state index in [0.717, 1.165) is 55.9 Å². The third-order valence-electron chi connectivity index (χ3n) is 5.49. The van der Waals surface area contributed by atoms with Gasteiger partial charge in [-0.3, -0.25) is 14.4 Å². The van der Waals surface area contributed by atoms with E-state index in [4.69, 9.17) is 9.47 Å². The highest BCUT2D eigenvalue weighted by atomic mass is 16.5. The number of hydrogen-bond acceptors (Lipinski definition) is 5. The minimum absolute atomic E-state index is 0.216. The lowest BCUT2D eigenvalue weighted by atomic mass is 10.1. The molecule has 4 rings (SSSR count). The van der Waals surface area contributed by atoms with Gasteiger partial charge in [-0.1, -0.05) is 31.2 Å². The molecule has 2 aromatic carbocycles. The Labute approximate surface area is 176 Å². The molecule has 1 N–H and O–H groups in total. The highest BCUT2D eigenvalue weighted by molar-refractivity contribution is 6.12. The van der Waals surface area contributed by atoms with Gasteiger partial charge < -0.3 is 14.8 Å². The molecule has 0 bridgehead atoms. The number of hydrogen-bond donors (Lipinski definition) is 1. The van der Waals surface area contributed by atoms with E-state index in [9.17, 15) is 4.79 Å². The second-order valence-corrected chi connectivity index (χ2v) is 7.39. The zero-order chi connectivity index (χ0) is 20.9. The Balaban J connectivity index is 1.62. The molecule has 7 nitrogen and oxygen atoms in total. The zero-order valence-corrected chi connectivity index (χ0v) is 17.6. The monoisotopic (exact) mass is 408 g/mol. The van der Waals surface area contributed by atoms with Gasteiger partial charge in [0.15, 0.2) is 5.69 Å². The number of amides is 1. The average Bonchev–Trinajstić information content (AvgIpc) is 3.17. The van der Waals surface area contributed by atoms with Crippen LogP contribution in [0.1, 0.15) is 23.0 Å². The van der Waals surface area contributed by atoms with Crippen LogP contribution < -0.4 is 10.1 Å². The number of para-hydroxylation sites is 1. The number of anilines is 1. The number of aromatic nitrogens is 2. The van der Waals surface area contributed by atoms with Crippen molar-refractivity contribution in [3.8, 4) is 5.75 Å².